The van der Waals surface area contributed by atoms with Crippen LogP contribution in [0.5, 0.6) is 5.75 Å². The first-order valence-corrected chi connectivity index (χ1v) is 8.55. The average molecular weight is 337 g/mol. The molecule has 25 heavy (non-hydrogen) atoms. The quantitative estimate of drug-likeness (QED) is 0.692. The molecule has 1 amide bonds. The van der Waals surface area contributed by atoms with Gasteiger partial charge in [-0.05, 0) is 42.8 Å². The first kappa shape index (κ1) is 17.0. The van der Waals surface area contributed by atoms with E-state index in [1.807, 2.05) is 63.5 Å². The summed E-state index contributed by atoms with van der Waals surface area (Å²) in [4.78, 5) is 14.0. The van der Waals surface area contributed by atoms with E-state index in [2.05, 4.69) is 11.2 Å². The van der Waals surface area contributed by atoms with Crippen LogP contribution in [0.1, 0.15) is 13.8 Å². The Morgan fingerprint density at radius 1 is 1.16 bits per heavy atom. The van der Waals surface area contributed by atoms with E-state index in [0.29, 0.717) is 18.8 Å². The normalized spacial score (nSPS) is 10.8. The van der Waals surface area contributed by atoms with Crippen LogP contribution in [0.4, 0.5) is 0 Å². The number of aromatic nitrogens is 2. The summed E-state index contributed by atoms with van der Waals surface area (Å²) in [6.07, 6.45) is 1.92. The Labute approximate surface area is 147 Å². The number of nitrogens with zero attached hydrogens (tertiary/aromatic N) is 3. The Morgan fingerprint density at radius 3 is 2.60 bits per heavy atom. The topological polar surface area (TPSA) is 47.4 Å². The third kappa shape index (κ3) is 3.65. The number of hydrogen-bond donors (Lipinski definition) is 0. The van der Waals surface area contributed by atoms with Crippen LogP contribution in [0.15, 0.2) is 48.7 Å². The summed E-state index contributed by atoms with van der Waals surface area (Å²) in [5, 5.41) is 6.69. The minimum absolute atomic E-state index is 0.00227. The van der Waals surface area contributed by atoms with E-state index in [0.717, 1.165) is 22.0 Å². The molecule has 3 aromatic rings. The van der Waals surface area contributed by atoms with Gasteiger partial charge in [0, 0.05) is 31.9 Å². The van der Waals surface area contributed by atoms with Gasteiger partial charge in [0.2, 0.25) is 0 Å². The summed E-state index contributed by atoms with van der Waals surface area (Å²) in [5.41, 5.74) is 1.89. The van der Waals surface area contributed by atoms with E-state index in [9.17, 15) is 4.79 Å². The van der Waals surface area contributed by atoms with Gasteiger partial charge in [-0.1, -0.05) is 24.3 Å². The number of carbonyl (C=O) groups is 1. The van der Waals surface area contributed by atoms with Crippen molar-refractivity contribution in [3.63, 3.8) is 0 Å². The predicted octanol–water partition coefficient (Wildman–Crippen LogP) is 3.49. The molecule has 5 nitrogen and oxygen atoms in total. The number of ether oxygens (including phenoxy) is 1. The van der Waals surface area contributed by atoms with Crippen molar-refractivity contribution in [2.24, 2.45) is 7.05 Å². The highest BCUT2D eigenvalue weighted by atomic mass is 16.5. The summed E-state index contributed by atoms with van der Waals surface area (Å²) in [5.74, 6) is 0.678. The Morgan fingerprint density at radius 2 is 1.92 bits per heavy atom. The molecule has 1 heterocycles. The second kappa shape index (κ2) is 7.38. The molecule has 0 spiro atoms. The molecule has 0 aliphatic carbocycles. The zero-order chi connectivity index (χ0) is 17.8. The van der Waals surface area contributed by atoms with Gasteiger partial charge >= 0.3 is 0 Å². The smallest absolute Gasteiger partial charge is 0.260 e. The van der Waals surface area contributed by atoms with Crippen LogP contribution in [0, 0.1) is 0 Å². The molecule has 1 aromatic heterocycles. The number of amides is 1. The van der Waals surface area contributed by atoms with Crippen LogP contribution in [-0.2, 0) is 11.8 Å². The molecule has 3 rings (SSSR count). The average Bonchev–Trinajstić information content (AvgIpc) is 3.06. The predicted molar refractivity (Wildman–Crippen MR) is 99.6 cm³/mol. The van der Waals surface area contributed by atoms with Gasteiger partial charge in [-0.15, -0.1) is 0 Å². The maximum atomic E-state index is 12.2. The summed E-state index contributed by atoms with van der Waals surface area (Å²) in [6, 6.07) is 14.0. The molecule has 0 aliphatic heterocycles. The molecule has 0 saturated heterocycles. The lowest BCUT2D eigenvalue weighted by Crippen LogP contribution is -2.34. The lowest BCUT2D eigenvalue weighted by molar-refractivity contribution is -0.132. The van der Waals surface area contributed by atoms with E-state index in [-0.39, 0.29) is 12.5 Å². The Bertz CT molecular complexity index is 882. The molecule has 0 N–H and O–H groups in total. The molecule has 5 heteroatoms. The summed E-state index contributed by atoms with van der Waals surface area (Å²) >= 11 is 0. The van der Waals surface area contributed by atoms with Crippen molar-refractivity contribution in [1.29, 1.82) is 0 Å². The van der Waals surface area contributed by atoms with Crippen molar-refractivity contribution in [1.82, 2.24) is 14.7 Å². The van der Waals surface area contributed by atoms with Crippen molar-refractivity contribution >= 4 is 16.7 Å². The molecule has 0 fully saturated rings. The van der Waals surface area contributed by atoms with E-state index in [1.165, 1.54) is 0 Å². The monoisotopic (exact) mass is 337 g/mol. The number of fused-ring (bicyclic) bond motifs is 1. The standard InChI is InChI=1S/C20H23N3O2/c1-4-23(5-2)20(24)14-25-16-12-15-8-6-7-9-17(15)18(13-16)19-10-11-22(3)21-19/h6-13H,4-5,14H2,1-3H3. The number of carbonyl (C=O) groups excluding carboxylic acids is 1. The molecule has 0 atom stereocenters. The van der Waals surface area contributed by atoms with Gasteiger partial charge < -0.3 is 9.64 Å². The highest BCUT2D eigenvalue weighted by molar-refractivity contribution is 5.97. The Kier molecular flexibility index (Phi) is 5.03. The van der Waals surface area contributed by atoms with Gasteiger partial charge in [0.05, 0.1) is 5.69 Å². The molecule has 0 saturated carbocycles. The molecular weight excluding hydrogens is 314 g/mol. The van der Waals surface area contributed by atoms with Gasteiger partial charge in [0.15, 0.2) is 6.61 Å². The molecule has 0 aliphatic rings. The molecule has 0 radical (unpaired) electrons. The van der Waals surface area contributed by atoms with Crippen LogP contribution >= 0.6 is 0 Å². The van der Waals surface area contributed by atoms with Gasteiger partial charge in [0.1, 0.15) is 5.75 Å². The fourth-order valence-corrected chi connectivity index (χ4v) is 2.95. The summed E-state index contributed by atoms with van der Waals surface area (Å²) in [6.45, 7) is 5.36. The maximum Gasteiger partial charge on any atom is 0.260 e. The lowest BCUT2D eigenvalue weighted by Gasteiger charge is -2.19. The second-order valence-electron chi connectivity index (χ2n) is 5.92. The number of likely N-dealkylation sites (N-methyl/N-ethyl adjacent to an activating group) is 1. The van der Waals surface area contributed by atoms with Crippen molar-refractivity contribution in [3.8, 4) is 17.0 Å². The number of rotatable bonds is 6. The van der Waals surface area contributed by atoms with Crippen LogP contribution in [-0.4, -0.2) is 40.3 Å². The van der Waals surface area contributed by atoms with Crippen LogP contribution in [0.2, 0.25) is 0 Å². The van der Waals surface area contributed by atoms with Gasteiger partial charge in [-0.3, -0.25) is 9.48 Å². The number of aryl methyl sites for hydroxylation is 1. The third-order valence-corrected chi connectivity index (χ3v) is 4.30. The largest absolute Gasteiger partial charge is 0.484 e. The second-order valence-corrected chi connectivity index (χ2v) is 5.92. The summed E-state index contributed by atoms with van der Waals surface area (Å²) < 4.78 is 7.58. The van der Waals surface area contributed by atoms with Crippen LogP contribution < -0.4 is 4.74 Å². The van der Waals surface area contributed by atoms with Crippen LogP contribution in [0.25, 0.3) is 22.0 Å². The van der Waals surface area contributed by atoms with Gasteiger partial charge in [-0.25, -0.2) is 0 Å². The van der Waals surface area contributed by atoms with Crippen molar-refractivity contribution in [2.75, 3.05) is 19.7 Å². The Hall–Kier alpha value is -2.82. The zero-order valence-corrected chi connectivity index (χ0v) is 14.9. The van der Waals surface area contributed by atoms with E-state index < -0.39 is 0 Å². The minimum Gasteiger partial charge on any atom is -0.484 e. The van der Waals surface area contributed by atoms with E-state index in [4.69, 9.17) is 4.74 Å². The van der Waals surface area contributed by atoms with E-state index >= 15 is 0 Å². The first-order valence-electron chi connectivity index (χ1n) is 8.55. The number of hydrogen-bond acceptors (Lipinski definition) is 3. The highest BCUT2D eigenvalue weighted by Gasteiger charge is 2.13. The van der Waals surface area contributed by atoms with Gasteiger partial charge in [-0.2, -0.15) is 5.10 Å². The van der Waals surface area contributed by atoms with Crippen molar-refractivity contribution in [2.45, 2.75) is 13.8 Å². The third-order valence-electron chi connectivity index (χ3n) is 4.30. The number of benzene rings is 2. The van der Waals surface area contributed by atoms with Crippen LogP contribution in [0.3, 0.4) is 0 Å². The van der Waals surface area contributed by atoms with E-state index in [1.54, 1.807) is 9.58 Å². The van der Waals surface area contributed by atoms with Crippen molar-refractivity contribution < 1.29 is 9.53 Å². The molecule has 130 valence electrons. The first-order chi connectivity index (χ1) is 12.1. The van der Waals surface area contributed by atoms with Gasteiger partial charge in [0.25, 0.3) is 5.91 Å². The molecule has 0 unspecified atom stereocenters. The zero-order valence-electron chi connectivity index (χ0n) is 14.9. The minimum atomic E-state index is -0.00227. The SMILES string of the molecule is CCN(CC)C(=O)COc1cc(-c2ccn(C)n2)c2ccccc2c1. The van der Waals surface area contributed by atoms with Crippen molar-refractivity contribution in [3.05, 3.63) is 48.7 Å². The maximum absolute atomic E-state index is 12.2. The fraction of sp³-hybridized carbons (Fsp3) is 0.300. The highest BCUT2D eigenvalue weighted by Crippen LogP contribution is 2.32. The Balaban J connectivity index is 1.93. The summed E-state index contributed by atoms with van der Waals surface area (Å²) in [7, 11) is 1.90. The lowest BCUT2D eigenvalue weighted by atomic mass is 10.0. The fourth-order valence-electron chi connectivity index (χ4n) is 2.95. The molecule has 0 bridgehead atoms. The molecule has 2 aromatic carbocycles. The molecular formula is C20H23N3O2.